The average Bonchev–Trinajstić information content (AvgIpc) is 2.48. The minimum Gasteiger partial charge on any atom is -0.486 e. The molecule has 1 heterocycles. The normalized spacial score (nSPS) is 25.4. The fourth-order valence-corrected chi connectivity index (χ4v) is 4.21. The Balaban J connectivity index is 1.58. The van der Waals surface area contributed by atoms with Crippen molar-refractivity contribution in [2.45, 2.75) is 55.6 Å². The first-order chi connectivity index (χ1) is 9.33. The van der Waals surface area contributed by atoms with Crippen LogP contribution in [0.4, 0.5) is 0 Å². The molecule has 0 saturated heterocycles. The van der Waals surface area contributed by atoms with Gasteiger partial charge >= 0.3 is 0 Å². The van der Waals surface area contributed by atoms with Gasteiger partial charge in [0.05, 0.1) is 6.10 Å². The Morgan fingerprint density at radius 1 is 1.21 bits per heavy atom. The first-order valence-corrected chi connectivity index (χ1v) is 8.38. The van der Waals surface area contributed by atoms with E-state index in [1.807, 2.05) is 18.2 Å². The number of aliphatic hydroxyl groups is 1. The summed E-state index contributed by atoms with van der Waals surface area (Å²) >= 11 is 1.80. The summed E-state index contributed by atoms with van der Waals surface area (Å²) in [5.74, 6) is 2.51. The quantitative estimate of drug-likeness (QED) is 0.910. The average molecular weight is 278 g/mol. The van der Waals surface area contributed by atoms with Crippen molar-refractivity contribution in [3.63, 3.8) is 0 Å². The second kappa shape index (κ2) is 6.19. The third-order valence-electron chi connectivity index (χ3n) is 4.26. The minimum atomic E-state index is -0.316. The van der Waals surface area contributed by atoms with Crippen molar-refractivity contribution in [3.05, 3.63) is 24.3 Å². The van der Waals surface area contributed by atoms with Crippen molar-refractivity contribution in [2.75, 3.05) is 5.75 Å². The second-order valence-corrected chi connectivity index (χ2v) is 6.78. The first kappa shape index (κ1) is 13.3. The maximum Gasteiger partial charge on any atom is 0.134 e. The Morgan fingerprint density at radius 2 is 2.00 bits per heavy atom. The molecule has 2 aliphatic rings. The zero-order valence-corrected chi connectivity index (χ0v) is 12.1. The minimum absolute atomic E-state index is 0.0400. The Kier molecular flexibility index (Phi) is 4.34. The fraction of sp³-hybridized carbons (Fsp3) is 0.625. The van der Waals surface area contributed by atoms with Crippen LogP contribution in [0, 0.1) is 5.92 Å². The largest absolute Gasteiger partial charge is 0.486 e. The van der Waals surface area contributed by atoms with Gasteiger partial charge in [0, 0.05) is 10.6 Å². The Bertz CT molecular complexity index is 415. The molecular formula is C16H22O2S. The van der Waals surface area contributed by atoms with Crippen molar-refractivity contribution in [2.24, 2.45) is 5.92 Å². The van der Waals surface area contributed by atoms with Crippen molar-refractivity contribution >= 4 is 11.8 Å². The molecule has 19 heavy (non-hydrogen) atoms. The van der Waals surface area contributed by atoms with Crippen molar-refractivity contribution in [1.29, 1.82) is 0 Å². The lowest BCUT2D eigenvalue weighted by Gasteiger charge is -2.32. The van der Waals surface area contributed by atoms with Gasteiger partial charge in [0.15, 0.2) is 0 Å². The van der Waals surface area contributed by atoms with Gasteiger partial charge in [0.25, 0.3) is 0 Å². The fourth-order valence-electron chi connectivity index (χ4n) is 3.14. The van der Waals surface area contributed by atoms with Gasteiger partial charge in [0.2, 0.25) is 0 Å². The van der Waals surface area contributed by atoms with Gasteiger partial charge in [-0.25, -0.2) is 0 Å². The Hall–Kier alpha value is -0.670. The molecule has 1 aliphatic carbocycles. The van der Waals surface area contributed by atoms with Crippen LogP contribution in [0.15, 0.2) is 29.2 Å². The van der Waals surface area contributed by atoms with Crippen molar-refractivity contribution in [3.8, 4) is 5.75 Å². The molecule has 2 atom stereocenters. The number of thioether (sulfide) groups is 1. The summed E-state index contributed by atoms with van der Waals surface area (Å²) in [7, 11) is 0. The van der Waals surface area contributed by atoms with Crippen LogP contribution >= 0.6 is 11.8 Å². The zero-order chi connectivity index (χ0) is 13.1. The number of rotatable bonds is 3. The molecule has 0 radical (unpaired) electrons. The zero-order valence-electron chi connectivity index (χ0n) is 11.3. The summed E-state index contributed by atoms with van der Waals surface area (Å²) in [6, 6.07) is 8.12. The number of benzene rings is 1. The lowest BCUT2D eigenvalue weighted by Crippen LogP contribution is -2.37. The van der Waals surface area contributed by atoms with Crippen LogP contribution < -0.4 is 4.74 Å². The first-order valence-electron chi connectivity index (χ1n) is 7.39. The molecule has 0 aromatic heterocycles. The van der Waals surface area contributed by atoms with Gasteiger partial charge in [-0.15, -0.1) is 11.8 Å². The van der Waals surface area contributed by atoms with Crippen LogP contribution in [0.25, 0.3) is 0 Å². The van der Waals surface area contributed by atoms with Crippen LogP contribution in [-0.4, -0.2) is 23.1 Å². The van der Waals surface area contributed by atoms with Gasteiger partial charge in [0.1, 0.15) is 11.9 Å². The van der Waals surface area contributed by atoms with E-state index in [1.165, 1.54) is 37.0 Å². The summed E-state index contributed by atoms with van der Waals surface area (Å²) in [5, 5.41) is 10.4. The van der Waals surface area contributed by atoms with E-state index in [4.69, 9.17) is 4.74 Å². The third-order valence-corrected chi connectivity index (χ3v) is 5.40. The number of hydrogen-bond acceptors (Lipinski definition) is 3. The number of hydrogen-bond donors (Lipinski definition) is 1. The van der Waals surface area contributed by atoms with E-state index < -0.39 is 0 Å². The van der Waals surface area contributed by atoms with E-state index in [2.05, 4.69) is 6.07 Å². The molecule has 1 aromatic carbocycles. The lowest BCUT2D eigenvalue weighted by atomic mass is 9.84. The van der Waals surface area contributed by atoms with E-state index >= 15 is 0 Å². The molecule has 0 amide bonds. The van der Waals surface area contributed by atoms with E-state index in [0.29, 0.717) is 5.92 Å². The van der Waals surface area contributed by atoms with E-state index in [-0.39, 0.29) is 12.2 Å². The highest BCUT2D eigenvalue weighted by atomic mass is 32.2. The van der Waals surface area contributed by atoms with Gasteiger partial charge in [-0.1, -0.05) is 44.2 Å². The molecule has 104 valence electrons. The van der Waals surface area contributed by atoms with Crippen LogP contribution in [0.1, 0.15) is 38.5 Å². The molecule has 0 spiro atoms. The van der Waals surface area contributed by atoms with E-state index in [1.54, 1.807) is 11.8 Å². The number of para-hydroxylation sites is 1. The molecule has 1 fully saturated rings. The summed E-state index contributed by atoms with van der Waals surface area (Å²) < 4.78 is 5.96. The molecule has 3 heteroatoms. The molecular weight excluding hydrogens is 256 g/mol. The molecule has 1 aliphatic heterocycles. The summed E-state index contributed by atoms with van der Waals surface area (Å²) in [6.07, 6.45) is 7.16. The number of fused-ring (bicyclic) bond motifs is 1. The summed E-state index contributed by atoms with van der Waals surface area (Å²) in [4.78, 5) is 1.20. The van der Waals surface area contributed by atoms with Crippen LogP contribution in [0.3, 0.4) is 0 Å². The van der Waals surface area contributed by atoms with Crippen molar-refractivity contribution < 1.29 is 9.84 Å². The molecule has 3 rings (SSSR count). The molecule has 2 unspecified atom stereocenters. The predicted molar refractivity (Wildman–Crippen MR) is 78.8 cm³/mol. The highest BCUT2D eigenvalue weighted by Gasteiger charge is 2.29. The molecule has 1 saturated carbocycles. The lowest BCUT2D eigenvalue weighted by molar-refractivity contribution is 0.0257. The molecule has 1 aromatic rings. The molecule has 2 nitrogen and oxygen atoms in total. The number of aliphatic hydroxyl groups excluding tert-OH is 1. The number of ether oxygens (including phenoxy) is 1. The maximum atomic E-state index is 10.4. The van der Waals surface area contributed by atoms with Gasteiger partial charge in [-0.05, 0) is 24.5 Å². The second-order valence-electron chi connectivity index (χ2n) is 5.72. The van der Waals surface area contributed by atoms with Crippen LogP contribution in [-0.2, 0) is 0 Å². The van der Waals surface area contributed by atoms with Crippen LogP contribution in [0.5, 0.6) is 5.75 Å². The Morgan fingerprint density at radius 3 is 2.84 bits per heavy atom. The highest BCUT2D eigenvalue weighted by molar-refractivity contribution is 7.99. The molecule has 1 N–H and O–H groups in total. The summed E-state index contributed by atoms with van der Waals surface area (Å²) in [5.41, 5.74) is 0. The van der Waals surface area contributed by atoms with E-state index in [0.717, 1.165) is 17.9 Å². The van der Waals surface area contributed by atoms with Gasteiger partial charge in [-0.3, -0.25) is 0 Å². The third kappa shape index (κ3) is 3.26. The Labute approximate surface area is 119 Å². The smallest absolute Gasteiger partial charge is 0.134 e. The monoisotopic (exact) mass is 278 g/mol. The SMILES string of the molecule is OC(CC1CCCCC1)C1CSc2ccccc2O1. The van der Waals surface area contributed by atoms with Gasteiger partial charge < -0.3 is 9.84 Å². The van der Waals surface area contributed by atoms with Crippen LogP contribution in [0.2, 0.25) is 0 Å². The maximum absolute atomic E-state index is 10.4. The standard InChI is InChI=1S/C16H22O2S/c17-13(10-12-6-2-1-3-7-12)15-11-19-16-9-5-4-8-14(16)18-15/h4-5,8-9,12-13,15,17H,1-3,6-7,10-11H2. The highest BCUT2D eigenvalue weighted by Crippen LogP contribution is 2.37. The van der Waals surface area contributed by atoms with E-state index in [9.17, 15) is 5.11 Å². The summed E-state index contributed by atoms with van der Waals surface area (Å²) in [6.45, 7) is 0. The molecule has 0 bridgehead atoms. The predicted octanol–water partition coefficient (Wildman–Crippen LogP) is 3.87. The van der Waals surface area contributed by atoms with Gasteiger partial charge in [-0.2, -0.15) is 0 Å². The topological polar surface area (TPSA) is 29.5 Å². The van der Waals surface area contributed by atoms with Crippen molar-refractivity contribution in [1.82, 2.24) is 0 Å².